The highest BCUT2D eigenvalue weighted by atomic mass is 32.2. The molecule has 0 aliphatic carbocycles. The summed E-state index contributed by atoms with van der Waals surface area (Å²) in [5.41, 5.74) is 0.353. The van der Waals surface area contributed by atoms with Crippen molar-refractivity contribution in [2.75, 3.05) is 31.1 Å². The van der Waals surface area contributed by atoms with Crippen molar-refractivity contribution in [2.45, 2.75) is 68.9 Å². The Kier molecular flexibility index (Phi) is 7.87. The lowest BCUT2D eigenvalue weighted by molar-refractivity contribution is 0.107. The molecule has 3 aliphatic heterocycles. The fourth-order valence-electron chi connectivity index (χ4n) is 7.95. The molecule has 2 saturated heterocycles. The number of rotatable bonds is 7. The van der Waals surface area contributed by atoms with Crippen LogP contribution in [0.1, 0.15) is 43.9 Å². The number of alkyl halides is 1. The number of phenols is 1. The third kappa shape index (κ3) is 5.49. The Morgan fingerprint density at radius 1 is 1.12 bits per heavy atom. The van der Waals surface area contributed by atoms with E-state index >= 15 is 8.78 Å². The minimum atomic E-state index is -4.05. The summed E-state index contributed by atoms with van der Waals surface area (Å²) in [6, 6.07) is 6.99. The summed E-state index contributed by atoms with van der Waals surface area (Å²) in [6.07, 6.45) is 3.30. The number of hydrogen-bond donors (Lipinski definition) is 2. The summed E-state index contributed by atoms with van der Waals surface area (Å²) in [7, 11) is -4.05. The van der Waals surface area contributed by atoms with Crippen molar-refractivity contribution in [2.24, 2.45) is 5.14 Å². The fourth-order valence-corrected chi connectivity index (χ4v) is 8.46. The lowest BCUT2D eigenvalue weighted by Gasteiger charge is -2.31. The summed E-state index contributed by atoms with van der Waals surface area (Å²) in [4.78, 5) is 17.7. The molecule has 2 atom stereocenters. The van der Waals surface area contributed by atoms with Crippen molar-refractivity contribution < 1.29 is 31.4 Å². The van der Waals surface area contributed by atoms with Gasteiger partial charge < -0.3 is 14.7 Å². The highest BCUT2D eigenvalue weighted by molar-refractivity contribution is 7.89. The Morgan fingerprint density at radius 3 is 2.76 bits per heavy atom. The second kappa shape index (κ2) is 12.1. The molecule has 0 unspecified atom stereocenters. The molecule has 3 aliphatic rings. The fraction of sp³-hybridized carbons (Fsp3) is 0.412. The van der Waals surface area contributed by atoms with Crippen molar-refractivity contribution in [1.29, 1.82) is 0 Å². The molecule has 6 heterocycles. The van der Waals surface area contributed by atoms with Crippen molar-refractivity contribution in [3.63, 3.8) is 0 Å². The van der Waals surface area contributed by atoms with E-state index in [-0.39, 0.29) is 52.1 Å². The minimum absolute atomic E-state index is 0.110. The number of fused-ring (bicyclic) bond motifs is 4. The maximum Gasteiger partial charge on any atom is 0.319 e. The molecule has 16 heteroatoms. The van der Waals surface area contributed by atoms with Crippen LogP contribution in [0.15, 0.2) is 41.6 Å². The molecule has 262 valence electrons. The number of phenolic OH excluding ortho intramolecular Hbond substituents is 1. The Balaban J connectivity index is 1.28. The smallest absolute Gasteiger partial charge is 0.319 e. The summed E-state index contributed by atoms with van der Waals surface area (Å²) < 4.78 is 78.5. The summed E-state index contributed by atoms with van der Waals surface area (Å²) >= 11 is 0. The van der Waals surface area contributed by atoms with Gasteiger partial charge in [0.25, 0.3) is 10.0 Å². The van der Waals surface area contributed by atoms with Gasteiger partial charge in [0.15, 0.2) is 10.8 Å². The number of aromatic hydroxyl groups is 1. The van der Waals surface area contributed by atoms with Crippen molar-refractivity contribution in [1.82, 2.24) is 29.6 Å². The third-order valence-electron chi connectivity index (χ3n) is 10.2. The van der Waals surface area contributed by atoms with Gasteiger partial charge in [-0.3, -0.25) is 14.6 Å². The maximum absolute atomic E-state index is 17.0. The van der Waals surface area contributed by atoms with Gasteiger partial charge in [-0.25, -0.2) is 26.7 Å². The van der Waals surface area contributed by atoms with Crippen LogP contribution in [0.4, 0.5) is 19.0 Å². The number of aryl methyl sites for hydroxylation is 2. The lowest BCUT2D eigenvalue weighted by atomic mass is 9.94. The van der Waals surface area contributed by atoms with E-state index in [0.717, 1.165) is 19.4 Å². The van der Waals surface area contributed by atoms with E-state index in [1.165, 1.54) is 36.5 Å². The Bertz CT molecular complexity index is 2290. The van der Waals surface area contributed by atoms with Crippen LogP contribution in [-0.4, -0.2) is 81.1 Å². The molecule has 50 heavy (non-hydrogen) atoms. The van der Waals surface area contributed by atoms with Gasteiger partial charge in [0, 0.05) is 43.9 Å². The van der Waals surface area contributed by atoms with Crippen LogP contribution in [-0.2, 0) is 29.5 Å². The molecule has 2 aromatic carbocycles. The van der Waals surface area contributed by atoms with E-state index in [1.54, 1.807) is 11.6 Å². The number of nitrogens with two attached hydrogens (primary N) is 1. The van der Waals surface area contributed by atoms with Crippen LogP contribution in [0.25, 0.3) is 32.9 Å². The zero-order valence-electron chi connectivity index (χ0n) is 27.2. The van der Waals surface area contributed by atoms with Gasteiger partial charge in [0.05, 0.1) is 23.2 Å². The number of benzene rings is 2. The van der Waals surface area contributed by atoms with Crippen LogP contribution < -0.4 is 14.8 Å². The number of primary sulfonamides is 1. The largest absolute Gasteiger partial charge is 0.508 e. The van der Waals surface area contributed by atoms with Gasteiger partial charge in [-0.1, -0.05) is 13.0 Å². The van der Waals surface area contributed by atoms with E-state index < -0.39 is 33.4 Å². The molecule has 8 rings (SSSR count). The number of ether oxygens (including phenoxy) is 1. The second-order valence-electron chi connectivity index (χ2n) is 13.4. The molecule has 0 spiro atoms. The topological polar surface area (TPSA) is 153 Å². The lowest BCUT2D eigenvalue weighted by Crippen LogP contribution is -2.43. The van der Waals surface area contributed by atoms with E-state index in [9.17, 15) is 17.9 Å². The first-order valence-corrected chi connectivity index (χ1v) is 18.2. The van der Waals surface area contributed by atoms with Crippen molar-refractivity contribution >= 4 is 37.5 Å². The zero-order chi connectivity index (χ0) is 34.9. The highest BCUT2D eigenvalue weighted by Gasteiger charge is 2.49. The van der Waals surface area contributed by atoms with E-state index in [4.69, 9.17) is 14.9 Å². The minimum Gasteiger partial charge on any atom is -0.508 e. The number of nitrogens with zero attached hydrogens (tertiary/aromatic N) is 7. The zero-order valence-corrected chi connectivity index (χ0v) is 28.1. The predicted octanol–water partition coefficient (Wildman–Crippen LogP) is 4.60. The number of sulfonamides is 1. The number of pyridine rings is 1. The third-order valence-corrected chi connectivity index (χ3v) is 11.0. The van der Waals surface area contributed by atoms with E-state index in [1.807, 2.05) is 4.90 Å². The SMILES string of the molecule is CCc1c(F)ccc2cc(O)cc(-c3ncc4c(N5CCCn6nc(S(N)(=O)=O)cc6C5)nc(OC[C@@]56CCCN5C[C@H](F)C6)nc4c3F)c12. The maximum atomic E-state index is 17.0. The number of anilines is 1. The van der Waals surface area contributed by atoms with Crippen molar-refractivity contribution in [3.8, 4) is 23.0 Å². The molecule has 5 aromatic rings. The Morgan fingerprint density at radius 2 is 1.96 bits per heavy atom. The second-order valence-corrected chi connectivity index (χ2v) is 14.9. The van der Waals surface area contributed by atoms with Gasteiger partial charge >= 0.3 is 6.01 Å². The van der Waals surface area contributed by atoms with E-state index in [2.05, 4.69) is 20.0 Å². The van der Waals surface area contributed by atoms with Gasteiger partial charge in [0.2, 0.25) is 0 Å². The first-order chi connectivity index (χ1) is 23.9. The van der Waals surface area contributed by atoms with Crippen molar-refractivity contribution in [3.05, 3.63) is 59.4 Å². The average molecular weight is 709 g/mol. The molecular formula is C34H35F3N8O4S. The molecule has 0 saturated carbocycles. The summed E-state index contributed by atoms with van der Waals surface area (Å²) in [5.74, 6) is -1.12. The number of halogens is 3. The Hall–Kier alpha value is -4.54. The molecule has 0 bridgehead atoms. The molecule has 2 fully saturated rings. The quantitative estimate of drug-likeness (QED) is 0.245. The monoisotopic (exact) mass is 708 g/mol. The average Bonchev–Trinajstić information content (AvgIpc) is 3.71. The van der Waals surface area contributed by atoms with Gasteiger partial charge in [-0.15, -0.1) is 0 Å². The van der Waals surface area contributed by atoms with Crippen LogP contribution >= 0.6 is 0 Å². The van der Waals surface area contributed by atoms with Crippen LogP contribution in [0, 0.1) is 11.6 Å². The predicted molar refractivity (Wildman–Crippen MR) is 179 cm³/mol. The number of hydrogen-bond acceptors (Lipinski definition) is 10. The van der Waals surface area contributed by atoms with Gasteiger partial charge in [-0.05, 0) is 66.8 Å². The highest BCUT2D eigenvalue weighted by Crippen LogP contribution is 2.42. The molecular weight excluding hydrogens is 673 g/mol. The molecule has 0 amide bonds. The normalized spacial score (nSPS) is 21.1. The molecule has 3 aromatic heterocycles. The molecule has 0 radical (unpaired) electrons. The van der Waals surface area contributed by atoms with Crippen LogP contribution in [0.5, 0.6) is 11.8 Å². The number of aromatic nitrogens is 5. The summed E-state index contributed by atoms with van der Waals surface area (Å²) in [6.45, 7) is 4.01. The van der Waals surface area contributed by atoms with Gasteiger partial charge in [-0.2, -0.15) is 15.1 Å². The molecule has 12 nitrogen and oxygen atoms in total. The molecule has 3 N–H and O–H groups in total. The first-order valence-electron chi connectivity index (χ1n) is 16.6. The standard InChI is InChI=1S/C34H35F3N8O4S/c1-2-23-26(36)6-5-19-11-22(46)13-24(28(19)23)30-29(37)31-25(15-39-30)32(43-8-4-10-45-21(17-43)12-27(42-45)50(38,47)48)41-33(40-31)49-18-34-7-3-9-44(34)16-20(35)14-34/h5-6,11-13,15,20,46H,2-4,7-10,14,16-18H2,1H3,(H2,38,47,48)/t20-,34+/m1/s1. The Labute approximate surface area is 285 Å². The van der Waals surface area contributed by atoms with Crippen LogP contribution in [0.3, 0.4) is 0 Å². The van der Waals surface area contributed by atoms with Crippen LogP contribution in [0.2, 0.25) is 0 Å². The van der Waals surface area contributed by atoms with Gasteiger partial charge in [0.1, 0.15) is 41.4 Å². The summed E-state index contributed by atoms with van der Waals surface area (Å²) in [5, 5.41) is 21.1. The van der Waals surface area contributed by atoms with E-state index in [0.29, 0.717) is 66.7 Å². The first kappa shape index (κ1) is 32.7.